The third kappa shape index (κ3) is 12.5. The average molecular weight is 1610 g/mol. The molecular weight excluding hydrogens is 1540 g/mol. The Hall–Kier alpha value is -15.3. The van der Waals surface area contributed by atoms with Crippen LogP contribution in [0.5, 0.6) is 0 Å². The van der Waals surface area contributed by atoms with Gasteiger partial charge in [0.15, 0.2) is 17.5 Å². The number of aromatic nitrogens is 6. The molecule has 7 nitrogen and oxygen atoms in total. The lowest BCUT2D eigenvalue weighted by atomic mass is 9.97. The second kappa shape index (κ2) is 29.3. The van der Waals surface area contributed by atoms with Crippen molar-refractivity contribution in [3.05, 3.63) is 400 Å². The number of furan rings is 1. The summed E-state index contributed by atoms with van der Waals surface area (Å²) in [5.74, 6) is 2.23. The van der Waals surface area contributed by atoms with Crippen LogP contribution in [0.4, 0.5) is 0 Å². The van der Waals surface area contributed by atoms with Crippen molar-refractivity contribution >= 4 is 192 Å². The Balaban J connectivity index is 0.000000104. The van der Waals surface area contributed by atoms with Crippen LogP contribution >= 0.6 is 34.0 Å². The fraction of sp³-hybridized carbons (Fsp3) is 0. The highest BCUT2D eigenvalue weighted by molar-refractivity contribution is 7.27. The lowest BCUT2D eigenvalue weighted by Crippen LogP contribution is -1.94. The zero-order valence-electron chi connectivity index (χ0n) is 65.4. The van der Waals surface area contributed by atoms with Gasteiger partial charge < -0.3 is 4.42 Å². The van der Waals surface area contributed by atoms with Crippen LogP contribution in [-0.4, -0.2) is 29.9 Å². The lowest BCUT2D eigenvalue weighted by molar-refractivity contribution is 0.669. The number of para-hydroxylation sites is 1. The first kappa shape index (κ1) is 70.9. The van der Waals surface area contributed by atoms with Crippen LogP contribution in [0.2, 0.25) is 0 Å². The van der Waals surface area contributed by atoms with E-state index in [1.165, 1.54) is 117 Å². The molecule has 568 valence electrons. The lowest BCUT2D eigenvalue weighted by Gasteiger charge is -2.10. The van der Waals surface area contributed by atoms with Gasteiger partial charge in [-0.1, -0.05) is 334 Å². The molecule has 26 rings (SSSR count). The van der Waals surface area contributed by atoms with E-state index in [-0.39, 0.29) is 0 Å². The average Bonchev–Trinajstić information content (AvgIpc) is 1.58. The van der Waals surface area contributed by atoms with Gasteiger partial charge in [-0.3, -0.25) is 0 Å². The highest BCUT2D eigenvalue weighted by Crippen LogP contribution is 2.46. The largest absolute Gasteiger partial charge is 0.456 e. The summed E-state index contributed by atoms with van der Waals surface area (Å²) in [4.78, 5) is 31.1. The van der Waals surface area contributed by atoms with Gasteiger partial charge >= 0.3 is 0 Å². The number of benzene rings is 19. The highest BCUT2D eigenvalue weighted by atomic mass is 32.1. The summed E-state index contributed by atoms with van der Waals surface area (Å²) >= 11 is 5.30. The maximum Gasteiger partial charge on any atom is 0.160 e. The third-order valence-electron chi connectivity index (χ3n) is 23.8. The number of nitrogens with zero attached hydrogens (tertiary/aromatic N) is 6. The summed E-state index contributed by atoms with van der Waals surface area (Å²) in [5, 5.41) is 23.2. The monoisotopic (exact) mass is 1610 g/mol. The normalized spacial score (nSPS) is 11.8. The molecule has 19 aromatic carbocycles. The van der Waals surface area contributed by atoms with E-state index in [0.717, 1.165) is 132 Å². The first-order valence-corrected chi connectivity index (χ1v) is 43.4. The van der Waals surface area contributed by atoms with Gasteiger partial charge in [0.1, 0.15) is 11.2 Å². The van der Waals surface area contributed by atoms with E-state index in [4.69, 9.17) is 34.3 Å². The van der Waals surface area contributed by atoms with E-state index in [1.54, 1.807) is 34.0 Å². The first-order valence-electron chi connectivity index (χ1n) is 40.9. The Morgan fingerprint density at radius 3 is 0.869 bits per heavy atom. The molecule has 0 bridgehead atoms. The second-order valence-electron chi connectivity index (χ2n) is 31.1. The zero-order chi connectivity index (χ0) is 80.3. The van der Waals surface area contributed by atoms with E-state index in [2.05, 4.69) is 382 Å². The van der Waals surface area contributed by atoms with Crippen molar-refractivity contribution in [2.24, 2.45) is 0 Å². The fourth-order valence-electron chi connectivity index (χ4n) is 17.6. The summed E-state index contributed by atoms with van der Waals surface area (Å²) in [6, 6.07) is 142. The minimum absolute atomic E-state index is 0.730. The van der Waals surface area contributed by atoms with Crippen molar-refractivity contribution in [1.29, 1.82) is 0 Å². The molecule has 10 heteroatoms. The molecule has 0 aliphatic heterocycles. The van der Waals surface area contributed by atoms with E-state index >= 15 is 0 Å². The maximum absolute atomic E-state index is 6.14. The second-order valence-corrected chi connectivity index (χ2v) is 34.3. The van der Waals surface area contributed by atoms with Gasteiger partial charge in [-0.25, -0.2) is 29.9 Å². The van der Waals surface area contributed by atoms with E-state index in [0.29, 0.717) is 0 Å². The van der Waals surface area contributed by atoms with E-state index in [9.17, 15) is 0 Å². The topological polar surface area (TPSA) is 90.5 Å². The quantitative estimate of drug-likeness (QED) is 0.140. The van der Waals surface area contributed by atoms with Crippen LogP contribution in [0.25, 0.3) is 248 Å². The molecule has 122 heavy (non-hydrogen) atoms. The van der Waals surface area contributed by atoms with E-state index < -0.39 is 0 Å². The SMILES string of the molecule is c1ccc2cc(-c3nc(-c4ccc(-c5ccc6c(c5)oc5ccccc56)cc4)nc4c3sc3ccccc34)ccc2c1.c1ccc2cc(-c3nc(-c4ccc(-c5ccc6c(ccc7ccccc76)c5)cc4)nc4c3sc3ccccc34)ccc2c1.c1ccc2cc(-c3nc(-c4ccc5c(ccc6ccccc65)c4)nc4c3sc3ccccc34)ccc2c1. The van der Waals surface area contributed by atoms with Gasteiger partial charge in [0.05, 0.1) is 47.7 Å². The Bertz CT molecular complexity index is 8740. The van der Waals surface area contributed by atoms with Crippen molar-refractivity contribution in [2.75, 3.05) is 0 Å². The molecule has 0 radical (unpaired) electrons. The third-order valence-corrected chi connectivity index (χ3v) is 27.3. The molecule has 0 N–H and O–H groups in total. The number of hydrogen-bond acceptors (Lipinski definition) is 10. The molecule has 0 spiro atoms. The Labute approximate surface area is 711 Å². The van der Waals surface area contributed by atoms with Gasteiger partial charge in [-0.15, -0.1) is 34.0 Å². The minimum Gasteiger partial charge on any atom is -0.456 e. The standard InChI is InChI=1S/C40H24N2S.C38H22N2OS.C34H20N2S/c1-2-9-29-24-32(20-15-25(29)7-1)37-39-38(35-11-5-6-12-36(35)43-39)42-40(41-37)28-17-13-26(14-18-28)30-21-22-34-31(23-30)19-16-27-8-3-4-10-33(27)34;1-2-8-26-21-28(18-15-23(26)7-1)35-37-36(31-10-4-6-12-34(31)42-37)40-38(39-35)25-16-13-24(14-17-25)27-19-20-30-29-9-3-5-11-32(29)41-33(30)22-27;1-2-9-23-19-25(16-13-21(23)7-1)31-33-32(29-11-5-6-12-30(29)37-33)36-34(35-31)26-17-18-28-24(20-26)15-14-22-8-3-4-10-27(22)28/h1-24H;1-22H;1-20H. The van der Waals surface area contributed by atoms with Crippen LogP contribution in [0.1, 0.15) is 0 Å². The molecule has 26 aromatic rings. The van der Waals surface area contributed by atoms with Gasteiger partial charge in [-0.05, 0) is 164 Å². The molecule has 0 fully saturated rings. The molecule has 0 saturated heterocycles. The Morgan fingerprint density at radius 2 is 0.434 bits per heavy atom. The molecular formula is C112H66N6OS3. The molecule has 0 unspecified atom stereocenters. The van der Waals surface area contributed by atoms with Crippen molar-refractivity contribution < 1.29 is 4.42 Å². The van der Waals surface area contributed by atoms with Crippen molar-refractivity contribution in [3.63, 3.8) is 0 Å². The molecule has 7 heterocycles. The summed E-state index contributed by atoms with van der Waals surface area (Å²) in [5.41, 5.74) is 18.8. The molecule has 7 aromatic heterocycles. The fourth-order valence-corrected chi connectivity index (χ4v) is 21.1. The summed E-state index contributed by atoms with van der Waals surface area (Å²) in [6.45, 7) is 0. The number of thiophene rings is 3. The van der Waals surface area contributed by atoms with Crippen LogP contribution in [0, 0.1) is 0 Å². The van der Waals surface area contributed by atoms with Gasteiger partial charge in [0.2, 0.25) is 0 Å². The molecule has 0 saturated carbocycles. The Kier molecular flexibility index (Phi) is 17.0. The van der Waals surface area contributed by atoms with Gasteiger partial charge in [0.25, 0.3) is 0 Å². The zero-order valence-corrected chi connectivity index (χ0v) is 67.9. The first-order chi connectivity index (χ1) is 60.4. The van der Waals surface area contributed by atoms with Crippen LogP contribution in [0.15, 0.2) is 405 Å². The van der Waals surface area contributed by atoms with Crippen molar-refractivity contribution in [3.8, 4) is 90.2 Å². The summed E-state index contributed by atoms with van der Waals surface area (Å²) in [7, 11) is 0. The predicted octanol–water partition coefficient (Wildman–Crippen LogP) is 31.8. The van der Waals surface area contributed by atoms with E-state index in [1.807, 2.05) is 18.2 Å². The maximum atomic E-state index is 6.14. The molecule has 0 aliphatic carbocycles. The van der Waals surface area contributed by atoms with Gasteiger partial charge in [-0.2, -0.15) is 0 Å². The summed E-state index contributed by atoms with van der Waals surface area (Å²) < 4.78 is 13.2. The van der Waals surface area contributed by atoms with Crippen LogP contribution in [0.3, 0.4) is 0 Å². The molecule has 0 aliphatic rings. The molecule has 0 atom stereocenters. The number of fused-ring (bicyclic) bond motifs is 21. The number of hydrogen-bond donors (Lipinski definition) is 0. The van der Waals surface area contributed by atoms with Crippen molar-refractivity contribution in [2.45, 2.75) is 0 Å². The Morgan fingerprint density at radius 1 is 0.164 bits per heavy atom. The van der Waals surface area contributed by atoms with Crippen molar-refractivity contribution in [1.82, 2.24) is 29.9 Å². The smallest absolute Gasteiger partial charge is 0.160 e. The van der Waals surface area contributed by atoms with Crippen LogP contribution < -0.4 is 0 Å². The van der Waals surface area contributed by atoms with Crippen LogP contribution in [-0.2, 0) is 0 Å². The number of rotatable bonds is 8. The summed E-state index contributed by atoms with van der Waals surface area (Å²) in [6.07, 6.45) is 0. The predicted molar refractivity (Wildman–Crippen MR) is 518 cm³/mol. The minimum atomic E-state index is 0.730. The molecule has 0 amide bonds. The van der Waals surface area contributed by atoms with Gasteiger partial charge in [0, 0.05) is 74.4 Å². The highest BCUT2D eigenvalue weighted by Gasteiger charge is 2.23.